The summed E-state index contributed by atoms with van der Waals surface area (Å²) in [5.41, 5.74) is 2.68. The summed E-state index contributed by atoms with van der Waals surface area (Å²) in [7, 11) is 1.80. The third kappa shape index (κ3) is 3.50. The van der Waals surface area contributed by atoms with Crippen LogP contribution in [0.5, 0.6) is 0 Å². The largest absolute Gasteiger partial charge is 0.380 e. The molecule has 1 aromatic rings. The summed E-state index contributed by atoms with van der Waals surface area (Å²) in [5, 5.41) is 3.50. The Morgan fingerprint density at radius 1 is 1.53 bits per heavy atom. The van der Waals surface area contributed by atoms with Crippen molar-refractivity contribution in [3.05, 3.63) is 28.2 Å². The number of rotatable bonds is 5. The average molecular weight is 327 g/mol. The maximum atomic E-state index is 5.47. The quantitative estimate of drug-likeness (QED) is 0.898. The first-order valence-electron chi connectivity index (χ1n) is 6.96. The van der Waals surface area contributed by atoms with Crippen molar-refractivity contribution in [2.75, 3.05) is 31.6 Å². The minimum atomic E-state index is 0.360. The van der Waals surface area contributed by atoms with Crippen molar-refractivity contribution in [1.29, 1.82) is 0 Å². The van der Waals surface area contributed by atoms with Crippen molar-refractivity contribution in [2.45, 2.75) is 32.4 Å². The molecule has 0 saturated carbocycles. The summed E-state index contributed by atoms with van der Waals surface area (Å²) in [6.45, 7) is 7.41. The van der Waals surface area contributed by atoms with E-state index >= 15 is 0 Å². The summed E-state index contributed by atoms with van der Waals surface area (Å²) in [6, 6.07) is 6.92. The van der Waals surface area contributed by atoms with Crippen LogP contribution < -0.4 is 10.2 Å². The van der Waals surface area contributed by atoms with Gasteiger partial charge in [-0.1, -0.05) is 22.9 Å². The highest BCUT2D eigenvalue weighted by Crippen LogP contribution is 2.32. The zero-order valence-electron chi connectivity index (χ0n) is 11.9. The second-order valence-corrected chi connectivity index (χ2v) is 5.99. The number of benzene rings is 1. The van der Waals surface area contributed by atoms with Crippen LogP contribution in [0.4, 0.5) is 5.69 Å². The number of halogens is 1. The number of ether oxygens (including phenoxy) is 1. The van der Waals surface area contributed by atoms with Gasteiger partial charge < -0.3 is 15.0 Å². The Labute approximate surface area is 124 Å². The molecule has 1 heterocycles. The second kappa shape index (κ2) is 6.73. The summed E-state index contributed by atoms with van der Waals surface area (Å²) in [6.07, 6.45) is 1.48. The first kappa shape index (κ1) is 14.8. The molecular formula is C15H23BrN2O. The Morgan fingerprint density at radius 2 is 2.32 bits per heavy atom. The Morgan fingerprint density at radius 3 is 2.95 bits per heavy atom. The molecular weight excluding hydrogens is 304 g/mol. The van der Waals surface area contributed by atoms with E-state index in [0.29, 0.717) is 12.1 Å². The molecule has 0 radical (unpaired) electrons. The van der Waals surface area contributed by atoms with E-state index in [1.165, 1.54) is 11.3 Å². The molecule has 1 aliphatic rings. The Balaban J connectivity index is 2.24. The molecule has 0 spiro atoms. The van der Waals surface area contributed by atoms with Crippen LogP contribution in [-0.4, -0.2) is 32.8 Å². The molecule has 2 unspecified atom stereocenters. The maximum absolute atomic E-state index is 5.47. The fourth-order valence-corrected chi connectivity index (χ4v) is 3.09. The van der Waals surface area contributed by atoms with Gasteiger partial charge in [-0.2, -0.15) is 0 Å². The summed E-state index contributed by atoms with van der Waals surface area (Å²) in [5.74, 6) is 0. The highest BCUT2D eigenvalue weighted by Gasteiger charge is 2.25. The number of nitrogens with zero attached hydrogens (tertiary/aromatic N) is 1. The molecule has 1 aromatic carbocycles. The average Bonchev–Trinajstić information content (AvgIpc) is 2.87. The lowest BCUT2D eigenvalue weighted by Gasteiger charge is -2.25. The van der Waals surface area contributed by atoms with Gasteiger partial charge >= 0.3 is 0 Å². The van der Waals surface area contributed by atoms with E-state index in [4.69, 9.17) is 4.74 Å². The molecule has 106 valence electrons. The van der Waals surface area contributed by atoms with E-state index < -0.39 is 0 Å². The topological polar surface area (TPSA) is 24.5 Å². The monoisotopic (exact) mass is 326 g/mol. The molecule has 0 aromatic heterocycles. The van der Waals surface area contributed by atoms with Crippen LogP contribution >= 0.6 is 15.9 Å². The fourth-order valence-electron chi connectivity index (χ4n) is 2.72. The lowest BCUT2D eigenvalue weighted by atomic mass is 10.1. The van der Waals surface area contributed by atoms with Gasteiger partial charge in [0, 0.05) is 36.4 Å². The normalized spacial score (nSPS) is 20.8. The van der Waals surface area contributed by atoms with Crippen molar-refractivity contribution >= 4 is 21.6 Å². The molecule has 1 saturated heterocycles. The van der Waals surface area contributed by atoms with Crippen LogP contribution in [0.3, 0.4) is 0 Å². The van der Waals surface area contributed by atoms with E-state index in [2.05, 4.69) is 58.2 Å². The van der Waals surface area contributed by atoms with Crippen LogP contribution in [0.2, 0.25) is 0 Å². The number of anilines is 1. The first-order chi connectivity index (χ1) is 9.15. The number of hydrogen-bond acceptors (Lipinski definition) is 3. The van der Waals surface area contributed by atoms with Gasteiger partial charge in [-0.15, -0.1) is 0 Å². The van der Waals surface area contributed by atoms with Crippen LogP contribution in [0.1, 0.15) is 31.9 Å². The van der Waals surface area contributed by atoms with Gasteiger partial charge in [-0.3, -0.25) is 0 Å². The van der Waals surface area contributed by atoms with Crippen LogP contribution in [0.15, 0.2) is 22.7 Å². The molecule has 19 heavy (non-hydrogen) atoms. The van der Waals surface area contributed by atoms with Gasteiger partial charge in [0.15, 0.2) is 0 Å². The Kier molecular flexibility index (Phi) is 5.25. The number of nitrogens with one attached hydrogen (secondary N) is 1. The van der Waals surface area contributed by atoms with E-state index in [-0.39, 0.29) is 0 Å². The van der Waals surface area contributed by atoms with E-state index in [1.54, 1.807) is 7.11 Å². The minimum absolute atomic E-state index is 0.360. The van der Waals surface area contributed by atoms with E-state index in [9.17, 15) is 0 Å². The molecule has 2 atom stereocenters. The van der Waals surface area contributed by atoms with Crippen molar-refractivity contribution < 1.29 is 4.74 Å². The zero-order valence-corrected chi connectivity index (χ0v) is 13.5. The molecule has 0 bridgehead atoms. The Hall–Kier alpha value is -0.580. The minimum Gasteiger partial charge on any atom is -0.380 e. The molecule has 1 fully saturated rings. The van der Waals surface area contributed by atoms with Crippen molar-refractivity contribution in [2.24, 2.45) is 0 Å². The van der Waals surface area contributed by atoms with Gasteiger partial charge in [0.2, 0.25) is 0 Å². The molecule has 0 amide bonds. The van der Waals surface area contributed by atoms with Gasteiger partial charge in [-0.25, -0.2) is 0 Å². The maximum Gasteiger partial charge on any atom is 0.0762 e. The van der Waals surface area contributed by atoms with E-state index in [0.717, 1.165) is 30.5 Å². The van der Waals surface area contributed by atoms with Gasteiger partial charge in [-0.05, 0) is 43.7 Å². The Bertz CT molecular complexity index is 425. The molecule has 3 nitrogen and oxygen atoms in total. The van der Waals surface area contributed by atoms with Crippen molar-refractivity contribution in [3.63, 3.8) is 0 Å². The molecule has 4 heteroatoms. The molecule has 2 rings (SSSR count). The van der Waals surface area contributed by atoms with Crippen molar-refractivity contribution in [3.8, 4) is 0 Å². The molecule has 0 aliphatic carbocycles. The van der Waals surface area contributed by atoms with Crippen LogP contribution in [0.25, 0.3) is 0 Å². The zero-order chi connectivity index (χ0) is 13.8. The lowest BCUT2D eigenvalue weighted by molar-refractivity contribution is 0.121. The van der Waals surface area contributed by atoms with Gasteiger partial charge in [0.1, 0.15) is 0 Å². The SMILES string of the molecule is CCNC(C)c1cc(Br)ccc1N1CCC(OC)C1. The summed E-state index contributed by atoms with van der Waals surface area (Å²) < 4.78 is 6.61. The molecule has 1 aliphatic heterocycles. The highest BCUT2D eigenvalue weighted by molar-refractivity contribution is 9.10. The van der Waals surface area contributed by atoms with Gasteiger partial charge in [0.05, 0.1) is 6.10 Å². The third-order valence-electron chi connectivity index (χ3n) is 3.79. The molecule has 1 N–H and O–H groups in total. The van der Waals surface area contributed by atoms with Crippen molar-refractivity contribution in [1.82, 2.24) is 5.32 Å². The fraction of sp³-hybridized carbons (Fsp3) is 0.600. The second-order valence-electron chi connectivity index (χ2n) is 5.07. The third-order valence-corrected chi connectivity index (χ3v) is 4.28. The summed E-state index contributed by atoms with van der Waals surface area (Å²) >= 11 is 3.58. The van der Waals surface area contributed by atoms with Crippen LogP contribution in [0, 0.1) is 0 Å². The first-order valence-corrected chi connectivity index (χ1v) is 7.75. The van der Waals surface area contributed by atoms with Crippen LogP contribution in [-0.2, 0) is 4.74 Å². The standard InChI is InChI=1S/C15H23BrN2O/c1-4-17-11(2)14-9-12(16)5-6-15(14)18-8-7-13(10-18)19-3/h5-6,9,11,13,17H,4,7-8,10H2,1-3H3. The highest BCUT2D eigenvalue weighted by atomic mass is 79.9. The van der Waals surface area contributed by atoms with Gasteiger partial charge in [0.25, 0.3) is 0 Å². The van der Waals surface area contributed by atoms with E-state index in [1.807, 2.05) is 0 Å². The smallest absolute Gasteiger partial charge is 0.0762 e. The predicted molar refractivity (Wildman–Crippen MR) is 83.9 cm³/mol. The summed E-state index contributed by atoms with van der Waals surface area (Å²) in [4.78, 5) is 2.43. The predicted octanol–water partition coefficient (Wildman–Crippen LogP) is 3.34. The lowest BCUT2D eigenvalue weighted by Crippen LogP contribution is -2.26. The number of methoxy groups -OCH3 is 1. The number of hydrogen-bond donors (Lipinski definition) is 1.